The van der Waals surface area contributed by atoms with Gasteiger partial charge in [-0.2, -0.15) is 0 Å². The Balaban J connectivity index is 1.80. The number of halogens is 1. The largest absolute Gasteiger partial charge is 0.484 e. The van der Waals surface area contributed by atoms with E-state index < -0.39 is 0 Å². The number of hydrogen-bond acceptors (Lipinski definition) is 3. The molecule has 2 N–H and O–H groups in total. The van der Waals surface area contributed by atoms with Crippen molar-refractivity contribution in [2.45, 2.75) is 20.3 Å². The molecule has 0 radical (unpaired) electrons. The van der Waals surface area contributed by atoms with Gasteiger partial charge in [0.15, 0.2) is 6.61 Å². The van der Waals surface area contributed by atoms with Crippen molar-refractivity contribution in [1.82, 2.24) is 0 Å². The number of carbonyl (C=O) groups is 2. The third-order valence-corrected chi connectivity index (χ3v) is 3.95. The molecule has 0 spiro atoms. The van der Waals surface area contributed by atoms with Crippen LogP contribution in [0.5, 0.6) is 5.75 Å². The first-order chi connectivity index (χ1) is 11.9. The monoisotopic (exact) mass is 452 g/mol. The van der Waals surface area contributed by atoms with Gasteiger partial charge in [0.1, 0.15) is 5.75 Å². The Kier molecular flexibility index (Phi) is 7.24. The quantitative estimate of drug-likeness (QED) is 0.616. The fraction of sp³-hybridized carbons (Fsp3) is 0.263. The summed E-state index contributed by atoms with van der Waals surface area (Å²) in [5.41, 5.74) is 1.36. The Labute approximate surface area is 161 Å². The Hall–Kier alpha value is -2.09. The standard InChI is InChI=1S/C19H21IN2O3/c1-13(2)11-18(23)21-15-5-7-16(8-6-15)22-19(24)12-25-17-9-3-14(20)4-10-17/h3-10,13H,11-12H2,1-2H3,(H,21,23)(H,22,24). The summed E-state index contributed by atoms with van der Waals surface area (Å²) in [6.07, 6.45) is 0.481. The normalized spacial score (nSPS) is 10.4. The van der Waals surface area contributed by atoms with Gasteiger partial charge in [0, 0.05) is 21.4 Å². The van der Waals surface area contributed by atoms with Crippen LogP contribution in [-0.2, 0) is 9.59 Å². The molecular formula is C19H21IN2O3. The average Bonchev–Trinajstić information content (AvgIpc) is 2.55. The van der Waals surface area contributed by atoms with Gasteiger partial charge in [-0.1, -0.05) is 13.8 Å². The van der Waals surface area contributed by atoms with Gasteiger partial charge in [0.25, 0.3) is 5.91 Å². The van der Waals surface area contributed by atoms with Crippen LogP contribution >= 0.6 is 22.6 Å². The highest BCUT2D eigenvalue weighted by molar-refractivity contribution is 14.1. The highest BCUT2D eigenvalue weighted by atomic mass is 127. The lowest BCUT2D eigenvalue weighted by Gasteiger charge is -2.10. The Morgan fingerprint density at radius 3 is 1.96 bits per heavy atom. The van der Waals surface area contributed by atoms with E-state index in [1.54, 1.807) is 24.3 Å². The summed E-state index contributed by atoms with van der Waals surface area (Å²) in [6, 6.07) is 14.5. The summed E-state index contributed by atoms with van der Waals surface area (Å²) in [5.74, 6) is 0.707. The molecule has 132 valence electrons. The number of nitrogens with one attached hydrogen (secondary N) is 2. The van der Waals surface area contributed by atoms with Gasteiger partial charge in [-0.05, 0) is 77.0 Å². The molecule has 25 heavy (non-hydrogen) atoms. The van der Waals surface area contributed by atoms with Gasteiger partial charge in [-0.25, -0.2) is 0 Å². The van der Waals surface area contributed by atoms with Crippen LogP contribution in [0.4, 0.5) is 11.4 Å². The first kappa shape index (κ1) is 19.2. The summed E-state index contributed by atoms with van der Waals surface area (Å²) >= 11 is 2.21. The molecule has 0 unspecified atom stereocenters. The number of amides is 2. The fourth-order valence-electron chi connectivity index (χ4n) is 2.10. The second-order valence-electron chi connectivity index (χ2n) is 6.01. The van der Waals surface area contributed by atoms with Crippen molar-refractivity contribution < 1.29 is 14.3 Å². The lowest BCUT2D eigenvalue weighted by Crippen LogP contribution is -2.20. The summed E-state index contributed by atoms with van der Waals surface area (Å²) < 4.78 is 6.54. The fourth-order valence-corrected chi connectivity index (χ4v) is 2.46. The van der Waals surface area contributed by atoms with Crippen molar-refractivity contribution in [2.24, 2.45) is 5.92 Å². The van der Waals surface area contributed by atoms with Gasteiger partial charge < -0.3 is 15.4 Å². The SMILES string of the molecule is CC(C)CC(=O)Nc1ccc(NC(=O)COc2ccc(I)cc2)cc1. The maximum Gasteiger partial charge on any atom is 0.262 e. The van der Waals surface area contributed by atoms with Gasteiger partial charge >= 0.3 is 0 Å². The predicted molar refractivity (Wildman–Crippen MR) is 108 cm³/mol. The van der Waals surface area contributed by atoms with Crippen molar-refractivity contribution in [3.63, 3.8) is 0 Å². The van der Waals surface area contributed by atoms with Crippen LogP contribution in [0.1, 0.15) is 20.3 Å². The Bertz CT molecular complexity index is 712. The van der Waals surface area contributed by atoms with Crippen LogP contribution in [-0.4, -0.2) is 18.4 Å². The predicted octanol–water partition coefficient (Wildman–Crippen LogP) is 4.29. The lowest BCUT2D eigenvalue weighted by molar-refractivity contribution is -0.118. The Morgan fingerprint density at radius 1 is 0.920 bits per heavy atom. The topological polar surface area (TPSA) is 67.4 Å². The Morgan fingerprint density at radius 2 is 1.44 bits per heavy atom. The van der Waals surface area contributed by atoms with Crippen LogP contribution in [0.2, 0.25) is 0 Å². The van der Waals surface area contributed by atoms with Gasteiger partial charge in [0.2, 0.25) is 5.91 Å². The number of rotatable bonds is 7. The molecule has 0 saturated heterocycles. The zero-order valence-corrected chi connectivity index (χ0v) is 16.4. The van der Waals surface area contributed by atoms with E-state index in [1.807, 2.05) is 38.1 Å². The van der Waals surface area contributed by atoms with Crippen LogP contribution in [0.25, 0.3) is 0 Å². The second-order valence-corrected chi connectivity index (χ2v) is 7.26. The van der Waals surface area contributed by atoms with Crippen molar-refractivity contribution in [3.8, 4) is 5.75 Å². The zero-order chi connectivity index (χ0) is 18.2. The first-order valence-electron chi connectivity index (χ1n) is 8.00. The molecule has 0 saturated carbocycles. The highest BCUT2D eigenvalue weighted by Crippen LogP contribution is 2.16. The van der Waals surface area contributed by atoms with Crippen molar-refractivity contribution in [2.75, 3.05) is 17.2 Å². The molecule has 2 aromatic rings. The smallest absolute Gasteiger partial charge is 0.262 e. The highest BCUT2D eigenvalue weighted by Gasteiger charge is 2.07. The second kappa shape index (κ2) is 9.41. The number of benzene rings is 2. The summed E-state index contributed by atoms with van der Waals surface area (Å²) in [5, 5.41) is 5.59. The number of anilines is 2. The molecule has 0 aromatic heterocycles. The average molecular weight is 452 g/mol. The summed E-state index contributed by atoms with van der Waals surface area (Å²) in [6.45, 7) is 3.93. The van der Waals surface area contributed by atoms with Crippen molar-refractivity contribution in [1.29, 1.82) is 0 Å². The molecular weight excluding hydrogens is 431 g/mol. The van der Waals surface area contributed by atoms with E-state index in [-0.39, 0.29) is 18.4 Å². The lowest BCUT2D eigenvalue weighted by atomic mass is 10.1. The first-order valence-corrected chi connectivity index (χ1v) is 9.08. The zero-order valence-electron chi connectivity index (χ0n) is 14.2. The van der Waals surface area contributed by atoms with Crippen LogP contribution in [0.15, 0.2) is 48.5 Å². The molecule has 2 rings (SSSR count). The molecule has 0 aliphatic heterocycles. The van der Waals surface area contributed by atoms with E-state index in [0.717, 1.165) is 3.57 Å². The molecule has 0 aliphatic carbocycles. The molecule has 2 amide bonds. The minimum absolute atomic E-state index is 0.0160. The van der Waals surface area contributed by atoms with Crippen LogP contribution in [0.3, 0.4) is 0 Å². The van der Waals surface area contributed by atoms with Crippen molar-refractivity contribution in [3.05, 3.63) is 52.1 Å². The van der Waals surface area contributed by atoms with Crippen LogP contribution < -0.4 is 15.4 Å². The molecule has 6 heteroatoms. The van der Waals surface area contributed by atoms with E-state index >= 15 is 0 Å². The number of hydrogen-bond donors (Lipinski definition) is 2. The molecule has 0 heterocycles. The van der Waals surface area contributed by atoms with E-state index in [4.69, 9.17) is 4.74 Å². The summed E-state index contributed by atoms with van der Waals surface area (Å²) in [7, 11) is 0. The van der Waals surface area contributed by atoms with Crippen molar-refractivity contribution >= 4 is 45.8 Å². The maximum atomic E-state index is 11.9. The minimum Gasteiger partial charge on any atom is -0.484 e. The van der Waals surface area contributed by atoms with E-state index in [1.165, 1.54) is 0 Å². The molecule has 2 aromatic carbocycles. The molecule has 0 aliphatic rings. The van der Waals surface area contributed by atoms with Gasteiger partial charge in [-0.15, -0.1) is 0 Å². The summed E-state index contributed by atoms with van der Waals surface area (Å²) in [4.78, 5) is 23.7. The van der Waals surface area contributed by atoms with E-state index in [9.17, 15) is 9.59 Å². The minimum atomic E-state index is -0.241. The number of carbonyl (C=O) groups excluding carboxylic acids is 2. The van der Waals surface area contributed by atoms with E-state index in [0.29, 0.717) is 29.5 Å². The van der Waals surface area contributed by atoms with E-state index in [2.05, 4.69) is 33.2 Å². The molecule has 0 atom stereocenters. The maximum absolute atomic E-state index is 11.9. The third kappa shape index (κ3) is 7.13. The van der Waals surface area contributed by atoms with Gasteiger partial charge in [-0.3, -0.25) is 9.59 Å². The van der Waals surface area contributed by atoms with Crippen LogP contribution in [0, 0.1) is 9.49 Å². The molecule has 5 nitrogen and oxygen atoms in total. The van der Waals surface area contributed by atoms with Gasteiger partial charge in [0.05, 0.1) is 0 Å². The molecule has 0 bridgehead atoms. The third-order valence-electron chi connectivity index (χ3n) is 3.23. The number of ether oxygens (including phenoxy) is 1. The molecule has 0 fully saturated rings.